The molecule has 0 unspecified atom stereocenters. The van der Waals surface area contributed by atoms with E-state index in [9.17, 15) is 14.0 Å². The Bertz CT molecular complexity index is 1130. The number of methoxy groups -OCH3 is 1. The van der Waals surface area contributed by atoms with E-state index < -0.39 is 0 Å². The summed E-state index contributed by atoms with van der Waals surface area (Å²) >= 11 is 0. The smallest absolute Gasteiger partial charge is 0.258 e. The largest absolute Gasteiger partial charge is 0.497 e. The third-order valence-corrected chi connectivity index (χ3v) is 5.26. The van der Waals surface area contributed by atoms with E-state index in [0.717, 1.165) is 16.9 Å². The monoisotopic (exact) mass is 404 g/mol. The Balaban J connectivity index is 1.57. The first kappa shape index (κ1) is 19.6. The first-order valence-electron chi connectivity index (χ1n) is 9.62. The number of nitrogens with zero attached hydrogens (tertiary/aromatic N) is 1. The average molecular weight is 404 g/mol. The van der Waals surface area contributed by atoms with Crippen molar-refractivity contribution < 1.29 is 18.7 Å². The third-order valence-electron chi connectivity index (χ3n) is 5.26. The summed E-state index contributed by atoms with van der Waals surface area (Å²) < 4.78 is 18.4. The van der Waals surface area contributed by atoms with E-state index in [1.54, 1.807) is 36.3 Å². The first-order chi connectivity index (χ1) is 14.5. The van der Waals surface area contributed by atoms with Gasteiger partial charge in [0.05, 0.1) is 7.11 Å². The molecule has 1 N–H and O–H groups in total. The van der Waals surface area contributed by atoms with E-state index in [-0.39, 0.29) is 17.6 Å². The molecule has 1 aliphatic heterocycles. The molecule has 6 heteroatoms. The van der Waals surface area contributed by atoms with Crippen LogP contribution in [-0.2, 0) is 6.42 Å². The van der Waals surface area contributed by atoms with Gasteiger partial charge in [0.15, 0.2) is 0 Å². The lowest BCUT2D eigenvalue weighted by Crippen LogP contribution is -2.29. The Morgan fingerprint density at radius 2 is 1.73 bits per heavy atom. The summed E-state index contributed by atoms with van der Waals surface area (Å²) in [5, 5.41) is 2.91. The highest BCUT2D eigenvalue weighted by Gasteiger charge is 2.26. The zero-order valence-electron chi connectivity index (χ0n) is 16.7. The minimum atomic E-state index is -0.388. The maximum absolute atomic E-state index is 13.2. The van der Waals surface area contributed by atoms with Crippen LogP contribution in [0.25, 0.3) is 0 Å². The van der Waals surface area contributed by atoms with Gasteiger partial charge in [-0.2, -0.15) is 0 Å². The van der Waals surface area contributed by atoms with Gasteiger partial charge in [0, 0.05) is 29.0 Å². The topological polar surface area (TPSA) is 58.6 Å². The second-order valence-corrected chi connectivity index (χ2v) is 7.19. The summed E-state index contributed by atoms with van der Waals surface area (Å²) in [5.74, 6) is -0.136. The van der Waals surface area contributed by atoms with Crippen LogP contribution in [0.4, 0.5) is 15.8 Å². The quantitative estimate of drug-likeness (QED) is 0.692. The highest BCUT2D eigenvalue weighted by atomic mass is 19.1. The van der Waals surface area contributed by atoms with Crippen LogP contribution in [-0.4, -0.2) is 25.5 Å². The molecule has 0 saturated carbocycles. The molecule has 0 aliphatic carbocycles. The normalized spacial score (nSPS) is 12.4. The van der Waals surface area contributed by atoms with Crippen molar-refractivity contribution in [2.24, 2.45) is 0 Å². The minimum Gasteiger partial charge on any atom is -0.497 e. The predicted molar refractivity (Wildman–Crippen MR) is 114 cm³/mol. The molecule has 0 fully saturated rings. The number of ether oxygens (including phenoxy) is 1. The fraction of sp³-hybridized carbons (Fsp3) is 0.167. The van der Waals surface area contributed by atoms with Crippen LogP contribution >= 0.6 is 0 Å². The molecule has 2 amide bonds. The summed E-state index contributed by atoms with van der Waals surface area (Å²) in [7, 11) is 1.59. The van der Waals surface area contributed by atoms with E-state index in [0.29, 0.717) is 35.5 Å². The van der Waals surface area contributed by atoms with Gasteiger partial charge in [-0.25, -0.2) is 4.39 Å². The molecule has 3 aromatic carbocycles. The summed E-state index contributed by atoms with van der Waals surface area (Å²) in [6.07, 6.45) is 0.710. The second-order valence-electron chi connectivity index (χ2n) is 7.19. The molecule has 4 rings (SSSR count). The molecule has 3 aromatic rings. The maximum atomic E-state index is 13.2. The van der Waals surface area contributed by atoms with Crippen molar-refractivity contribution in [1.29, 1.82) is 0 Å². The van der Waals surface area contributed by atoms with E-state index in [1.165, 1.54) is 24.3 Å². The van der Waals surface area contributed by atoms with Crippen molar-refractivity contribution in [3.63, 3.8) is 0 Å². The highest BCUT2D eigenvalue weighted by molar-refractivity contribution is 6.09. The van der Waals surface area contributed by atoms with Crippen molar-refractivity contribution in [1.82, 2.24) is 0 Å². The summed E-state index contributed by atoms with van der Waals surface area (Å²) in [5.41, 5.74) is 4.17. The number of rotatable bonds is 4. The number of halogens is 1. The Labute approximate surface area is 174 Å². The fourth-order valence-corrected chi connectivity index (χ4v) is 3.58. The molecule has 5 nitrogen and oxygen atoms in total. The summed E-state index contributed by atoms with van der Waals surface area (Å²) in [4.78, 5) is 27.3. The molecular formula is C24H21FN2O3. The van der Waals surface area contributed by atoms with Crippen LogP contribution < -0.4 is 15.0 Å². The van der Waals surface area contributed by atoms with Crippen LogP contribution in [0.2, 0.25) is 0 Å². The number of benzene rings is 3. The van der Waals surface area contributed by atoms with Crippen molar-refractivity contribution in [2.75, 3.05) is 23.9 Å². The van der Waals surface area contributed by atoms with Gasteiger partial charge in [-0.3, -0.25) is 9.59 Å². The number of amides is 2. The molecule has 1 heterocycles. The maximum Gasteiger partial charge on any atom is 0.258 e. The molecule has 152 valence electrons. The number of hydrogen-bond donors (Lipinski definition) is 1. The van der Waals surface area contributed by atoms with E-state index in [1.807, 2.05) is 19.1 Å². The van der Waals surface area contributed by atoms with Crippen molar-refractivity contribution in [2.45, 2.75) is 13.3 Å². The highest BCUT2D eigenvalue weighted by Crippen LogP contribution is 2.31. The van der Waals surface area contributed by atoms with E-state index in [2.05, 4.69) is 5.32 Å². The SMILES string of the molecule is COc1ccc(NC(=O)c2ccc3c(c2)N(C(=O)c2ccc(F)cc2)CC3)c(C)c1. The predicted octanol–water partition coefficient (Wildman–Crippen LogP) is 4.60. The molecular weight excluding hydrogens is 383 g/mol. The molecule has 30 heavy (non-hydrogen) atoms. The van der Waals surface area contributed by atoms with Gasteiger partial charge in [-0.1, -0.05) is 6.07 Å². The van der Waals surface area contributed by atoms with Gasteiger partial charge in [0.1, 0.15) is 11.6 Å². The lowest BCUT2D eigenvalue weighted by atomic mass is 10.1. The summed E-state index contributed by atoms with van der Waals surface area (Å²) in [6, 6.07) is 16.3. The van der Waals surface area contributed by atoms with Crippen molar-refractivity contribution >= 4 is 23.2 Å². The zero-order chi connectivity index (χ0) is 21.3. The van der Waals surface area contributed by atoms with Gasteiger partial charge in [-0.15, -0.1) is 0 Å². The number of fused-ring (bicyclic) bond motifs is 1. The van der Waals surface area contributed by atoms with Gasteiger partial charge < -0.3 is 15.0 Å². The Hall–Kier alpha value is -3.67. The average Bonchev–Trinajstić information content (AvgIpc) is 3.18. The van der Waals surface area contributed by atoms with Crippen LogP contribution in [0, 0.1) is 12.7 Å². The zero-order valence-corrected chi connectivity index (χ0v) is 16.7. The fourth-order valence-electron chi connectivity index (χ4n) is 3.58. The summed E-state index contributed by atoms with van der Waals surface area (Å²) in [6.45, 7) is 2.41. The molecule has 0 bridgehead atoms. The molecule has 0 atom stereocenters. The number of nitrogens with one attached hydrogen (secondary N) is 1. The molecule has 0 aromatic heterocycles. The van der Waals surface area contributed by atoms with Gasteiger partial charge >= 0.3 is 0 Å². The molecule has 1 aliphatic rings. The second kappa shape index (κ2) is 7.99. The van der Waals surface area contributed by atoms with Crippen molar-refractivity contribution in [3.8, 4) is 5.75 Å². The molecule has 0 saturated heterocycles. The molecule has 0 spiro atoms. The van der Waals surface area contributed by atoms with E-state index in [4.69, 9.17) is 4.74 Å². The third kappa shape index (κ3) is 3.76. The number of anilines is 2. The molecule has 0 radical (unpaired) electrons. The van der Waals surface area contributed by atoms with Crippen LogP contribution in [0.5, 0.6) is 5.75 Å². The Kier molecular flexibility index (Phi) is 5.23. The van der Waals surface area contributed by atoms with E-state index >= 15 is 0 Å². The standard InChI is InChI=1S/C24H21FN2O3/c1-15-13-20(30-2)9-10-21(15)26-23(28)18-4-3-16-11-12-27(22(16)14-18)24(29)17-5-7-19(25)8-6-17/h3-10,13-14H,11-12H2,1-2H3,(H,26,28). The van der Waals surface area contributed by atoms with Crippen LogP contribution in [0.1, 0.15) is 31.8 Å². The Morgan fingerprint density at radius 3 is 2.43 bits per heavy atom. The first-order valence-corrected chi connectivity index (χ1v) is 9.62. The van der Waals surface area contributed by atoms with Crippen molar-refractivity contribution in [3.05, 3.63) is 88.7 Å². The number of carbonyl (C=O) groups is 2. The number of carbonyl (C=O) groups excluding carboxylic acids is 2. The van der Waals surface area contributed by atoms with Crippen LogP contribution in [0.3, 0.4) is 0 Å². The van der Waals surface area contributed by atoms with Gasteiger partial charge in [-0.05, 0) is 79.1 Å². The number of aryl methyl sites for hydroxylation is 1. The van der Waals surface area contributed by atoms with Crippen LogP contribution in [0.15, 0.2) is 60.7 Å². The van der Waals surface area contributed by atoms with Gasteiger partial charge in [0.25, 0.3) is 11.8 Å². The lowest BCUT2D eigenvalue weighted by Gasteiger charge is -2.18. The Morgan fingerprint density at radius 1 is 1.00 bits per heavy atom. The minimum absolute atomic E-state index is 0.211. The lowest BCUT2D eigenvalue weighted by molar-refractivity contribution is 0.0986. The number of hydrogen-bond acceptors (Lipinski definition) is 3. The van der Waals surface area contributed by atoms with Gasteiger partial charge in [0.2, 0.25) is 0 Å².